The van der Waals surface area contributed by atoms with E-state index in [0.29, 0.717) is 6.07 Å². The zero-order valence-electron chi connectivity index (χ0n) is 11.3. The third-order valence-electron chi connectivity index (χ3n) is 3.79. The maximum Gasteiger partial charge on any atom is 0.404 e. The predicted molar refractivity (Wildman–Crippen MR) is 70.6 cm³/mol. The molecule has 0 saturated carbocycles. The molecule has 1 aliphatic rings. The van der Waals surface area contributed by atoms with Gasteiger partial charge in [-0.3, -0.25) is 0 Å². The normalized spacial score (nSPS) is 17.5. The maximum absolute atomic E-state index is 13.7. The Bertz CT molecular complexity index is 519. The summed E-state index contributed by atoms with van der Waals surface area (Å²) in [6.07, 6.45) is 0.286. The van der Waals surface area contributed by atoms with Gasteiger partial charge in [-0.15, -0.1) is 0 Å². The van der Waals surface area contributed by atoms with Crippen LogP contribution in [0.1, 0.15) is 18.4 Å². The number of benzene rings is 1. The fraction of sp³-hybridized carbons (Fsp3) is 0.500. The summed E-state index contributed by atoms with van der Waals surface area (Å²) < 4.78 is 39.9. The van der Waals surface area contributed by atoms with E-state index in [1.54, 1.807) is 0 Å². The highest BCUT2D eigenvalue weighted by atomic mass is 19.2. The number of piperidine rings is 1. The number of hydrogen-bond donors (Lipinski definition) is 3. The average molecular weight is 302 g/mol. The van der Waals surface area contributed by atoms with Crippen molar-refractivity contribution in [3.63, 3.8) is 0 Å². The minimum atomic E-state index is -1.25. The minimum absolute atomic E-state index is 0. The molecule has 2 rings (SSSR count). The van der Waals surface area contributed by atoms with E-state index in [1.807, 2.05) is 0 Å². The van der Waals surface area contributed by atoms with Crippen molar-refractivity contribution in [2.75, 3.05) is 13.1 Å². The predicted octanol–water partition coefficient (Wildman–Crippen LogP) is 2.28. The van der Waals surface area contributed by atoms with Crippen LogP contribution in [0.4, 0.5) is 18.0 Å². The van der Waals surface area contributed by atoms with E-state index >= 15 is 0 Å². The van der Waals surface area contributed by atoms with Gasteiger partial charge in [0, 0.05) is 12.1 Å². The van der Waals surface area contributed by atoms with Crippen molar-refractivity contribution >= 4 is 6.09 Å². The SMILES string of the molecule is O=C(O)N[C@H](Cc1cc(F)c(F)cc1F)C1CCNCC1. The Morgan fingerprint density at radius 3 is 2.48 bits per heavy atom. The first-order valence-corrected chi connectivity index (χ1v) is 6.81. The van der Waals surface area contributed by atoms with Gasteiger partial charge in [-0.05, 0) is 49.9 Å². The van der Waals surface area contributed by atoms with Crippen molar-refractivity contribution in [1.29, 1.82) is 0 Å². The summed E-state index contributed by atoms with van der Waals surface area (Å²) in [7, 11) is 0. The van der Waals surface area contributed by atoms with Gasteiger partial charge in [0.2, 0.25) is 0 Å². The molecule has 116 valence electrons. The van der Waals surface area contributed by atoms with Gasteiger partial charge in [-0.25, -0.2) is 18.0 Å². The number of amides is 1. The third-order valence-corrected chi connectivity index (χ3v) is 3.79. The lowest BCUT2D eigenvalue weighted by atomic mass is 9.86. The molecule has 1 atom stereocenters. The average Bonchev–Trinajstić information content (AvgIpc) is 2.44. The lowest BCUT2D eigenvalue weighted by Crippen LogP contribution is -2.45. The summed E-state index contributed by atoms with van der Waals surface area (Å²) in [5, 5.41) is 14.4. The quantitative estimate of drug-likeness (QED) is 0.748. The molecule has 1 saturated heterocycles. The van der Waals surface area contributed by atoms with Crippen LogP contribution in [0.25, 0.3) is 0 Å². The molecule has 1 amide bonds. The molecule has 0 unspecified atom stereocenters. The van der Waals surface area contributed by atoms with Gasteiger partial charge in [-0.2, -0.15) is 0 Å². The van der Waals surface area contributed by atoms with Crippen LogP contribution in [0.2, 0.25) is 0 Å². The molecule has 4 nitrogen and oxygen atoms in total. The summed E-state index contributed by atoms with van der Waals surface area (Å²) >= 11 is 0. The van der Waals surface area contributed by atoms with Gasteiger partial charge in [0.1, 0.15) is 5.82 Å². The highest BCUT2D eigenvalue weighted by Crippen LogP contribution is 2.22. The van der Waals surface area contributed by atoms with Gasteiger partial charge in [0.25, 0.3) is 0 Å². The van der Waals surface area contributed by atoms with Crippen molar-refractivity contribution in [1.82, 2.24) is 10.6 Å². The van der Waals surface area contributed by atoms with E-state index < -0.39 is 29.6 Å². The Labute approximate surface area is 120 Å². The Kier molecular flexibility index (Phi) is 5.06. The Morgan fingerprint density at radius 2 is 1.86 bits per heavy atom. The highest BCUT2D eigenvalue weighted by molar-refractivity contribution is 5.65. The van der Waals surface area contributed by atoms with Crippen LogP contribution in [-0.2, 0) is 6.42 Å². The first-order valence-electron chi connectivity index (χ1n) is 6.81. The number of hydrogen-bond acceptors (Lipinski definition) is 2. The van der Waals surface area contributed by atoms with Gasteiger partial charge >= 0.3 is 6.09 Å². The smallest absolute Gasteiger partial charge is 0.404 e. The molecule has 1 aliphatic heterocycles. The van der Waals surface area contributed by atoms with Crippen molar-refractivity contribution in [3.05, 3.63) is 35.1 Å². The topological polar surface area (TPSA) is 61.4 Å². The third kappa shape index (κ3) is 4.10. The fourth-order valence-corrected chi connectivity index (χ4v) is 2.70. The first kappa shape index (κ1) is 15.6. The van der Waals surface area contributed by atoms with Crippen molar-refractivity contribution in [3.8, 4) is 0 Å². The monoisotopic (exact) mass is 302 g/mol. The largest absolute Gasteiger partial charge is 0.465 e. The Balaban J connectivity index is 2.17. The molecule has 21 heavy (non-hydrogen) atoms. The van der Waals surface area contributed by atoms with E-state index in [1.165, 1.54) is 0 Å². The summed E-state index contributed by atoms with van der Waals surface area (Å²) in [6, 6.07) is 0.761. The molecule has 3 N–H and O–H groups in total. The molecule has 0 aromatic heterocycles. The standard InChI is InChI=1S/C14H17F3N2O2/c15-10-7-12(17)11(16)5-9(10)6-13(19-14(20)21)8-1-3-18-4-2-8/h5,7-8,13,18-19H,1-4,6H2,(H,20,21)/t13-/m1/s1. The second-order valence-corrected chi connectivity index (χ2v) is 5.21. The zero-order chi connectivity index (χ0) is 15.4. The second kappa shape index (κ2) is 6.80. The van der Waals surface area contributed by atoms with Crippen LogP contribution in [0.5, 0.6) is 0 Å². The van der Waals surface area contributed by atoms with Crippen molar-refractivity contribution in [2.45, 2.75) is 25.3 Å². The first-order chi connectivity index (χ1) is 9.97. The Hall–Kier alpha value is -1.76. The van der Waals surface area contributed by atoms with Crippen molar-refractivity contribution in [2.24, 2.45) is 5.92 Å². The van der Waals surface area contributed by atoms with Crippen molar-refractivity contribution < 1.29 is 23.1 Å². The van der Waals surface area contributed by atoms with E-state index in [4.69, 9.17) is 5.11 Å². The summed E-state index contributed by atoms with van der Waals surface area (Å²) in [5.41, 5.74) is -0.0221. The van der Waals surface area contributed by atoms with E-state index in [9.17, 15) is 18.0 Å². The molecule has 1 aromatic carbocycles. The van der Waals surface area contributed by atoms with Gasteiger partial charge < -0.3 is 15.7 Å². The minimum Gasteiger partial charge on any atom is -0.465 e. The number of rotatable bonds is 4. The molecular formula is C14H17F3N2O2. The van der Waals surface area contributed by atoms with E-state index in [-0.39, 0.29) is 17.9 Å². The number of carbonyl (C=O) groups is 1. The molecule has 1 fully saturated rings. The van der Waals surface area contributed by atoms with Crippen LogP contribution >= 0.6 is 0 Å². The molecular weight excluding hydrogens is 285 g/mol. The summed E-state index contributed by atoms with van der Waals surface area (Å²) in [4.78, 5) is 10.9. The van der Waals surface area contributed by atoms with E-state index in [2.05, 4.69) is 10.6 Å². The fourth-order valence-electron chi connectivity index (χ4n) is 2.70. The highest BCUT2D eigenvalue weighted by Gasteiger charge is 2.26. The van der Waals surface area contributed by atoms with E-state index in [0.717, 1.165) is 32.0 Å². The van der Waals surface area contributed by atoms with Gasteiger partial charge in [-0.1, -0.05) is 0 Å². The van der Waals surface area contributed by atoms with Crippen LogP contribution in [0.3, 0.4) is 0 Å². The molecule has 1 aromatic rings. The molecule has 7 heteroatoms. The van der Waals surface area contributed by atoms with Crippen LogP contribution in [0, 0.1) is 23.4 Å². The number of halogens is 3. The molecule has 0 aliphatic carbocycles. The summed E-state index contributed by atoms with van der Waals surface area (Å²) in [5.74, 6) is -3.21. The van der Waals surface area contributed by atoms with Gasteiger partial charge in [0.05, 0.1) is 0 Å². The van der Waals surface area contributed by atoms with Crippen LogP contribution in [-0.4, -0.2) is 30.3 Å². The molecule has 0 radical (unpaired) electrons. The van der Waals surface area contributed by atoms with Crippen LogP contribution < -0.4 is 10.6 Å². The molecule has 0 spiro atoms. The Morgan fingerprint density at radius 1 is 1.24 bits per heavy atom. The molecule has 0 bridgehead atoms. The number of carboxylic acid groups (broad SMARTS) is 1. The lowest BCUT2D eigenvalue weighted by molar-refractivity contribution is 0.179. The zero-order valence-corrected chi connectivity index (χ0v) is 11.3. The lowest BCUT2D eigenvalue weighted by Gasteiger charge is -2.30. The van der Waals surface area contributed by atoms with Crippen LogP contribution in [0.15, 0.2) is 12.1 Å². The maximum atomic E-state index is 13.7. The second-order valence-electron chi connectivity index (χ2n) is 5.21. The van der Waals surface area contributed by atoms with Gasteiger partial charge in [0.15, 0.2) is 11.6 Å². The molecule has 1 heterocycles. The number of nitrogens with one attached hydrogen (secondary N) is 2. The summed E-state index contributed by atoms with van der Waals surface area (Å²) in [6.45, 7) is 1.51.